The first kappa shape index (κ1) is 26.0. The van der Waals surface area contributed by atoms with Crippen molar-refractivity contribution in [1.82, 2.24) is 15.5 Å². The molecule has 4 rings (SSSR count). The fourth-order valence-electron chi connectivity index (χ4n) is 4.52. The molecule has 1 unspecified atom stereocenters. The first-order valence-corrected chi connectivity index (χ1v) is 12.8. The van der Waals surface area contributed by atoms with Crippen molar-refractivity contribution >= 4 is 35.2 Å². The predicted molar refractivity (Wildman–Crippen MR) is 139 cm³/mol. The van der Waals surface area contributed by atoms with Crippen LogP contribution in [0.25, 0.3) is 0 Å². The van der Waals surface area contributed by atoms with E-state index in [0.29, 0.717) is 36.6 Å². The summed E-state index contributed by atoms with van der Waals surface area (Å²) in [5, 5.41) is 9.52. The standard InChI is InChI=1S/C27H33ClN4O4/c1-2-19-7-9-21(10-8-19)30-26(35)36-18-27(31-24(33)17-20-5-3-4-6-22(20)28)12-15-32(16-13-27)25(34)23-11-14-29-23/h3-10,23,29H,2,11-18H2,1H3,(H,30,35)(H,31,33). The van der Waals surface area contributed by atoms with E-state index < -0.39 is 11.6 Å². The highest BCUT2D eigenvalue weighted by molar-refractivity contribution is 6.31. The van der Waals surface area contributed by atoms with E-state index in [1.54, 1.807) is 6.07 Å². The number of benzene rings is 2. The molecule has 0 aliphatic carbocycles. The smallest absolute Gasteiger partial charge is 0.411 e. The summed E-state index contributed by atoms with van der Waals surface area (Å²) in [6, 6.07) is 14.7. The molecule has 0 radical (unpaired) electrons. The average Bonchev–Trinajstić information content (AvgIpc) is 2.84. The van der Waals surface area contributed by atoms with Gasteiger partial charge in [-0.1, -0.05) is 48.9 Å². The van der Waals surface area contributed by atoms with E-state index in [2.05, 4.69) is 22.9 Å². The van der Waals surface area contributed by atoms with Crippen molar-refractivity contribution in [2.24, 2.45) is 0 Å². The van der Waals surface area contributed by atoms with E-state index in [-0.39, 0.29) is 30.9 Å². The Morgan fingerprint density at radius 2 is 1.81 bits per heavy atom. The van der Waals surface area contributed by atoms with Crippen LogP contribution in [0.4, 0.5) is 10.5 Å². The number of ether oxygens (including phenoxy) is 1. The highest BCUT2D eigenvalue weighted by Gasteiger charge is 2.40. The summed E-state index contributed by atoms with van der Waals surface area (Å²) in [6.45, 7) is 3.89. The quantitative estimate of drug-likeness (QED) is 0.502. The van der Waals surface area contributed by atoms with Crippen molar-refractivity contribution < 1.29 is 19.1 Å². The van der Waals surface area contributed by atoms with Crippen LogP contribution >= 0.6 is 11.6 Å². The van der Waals surface area contributed by atoms with E-state index in [0.717, 1.165) is 24.9 Å². The molecular weight excluding hydrogens is 480 g/mol. The largest absolute Gasteiger partial charge is 0.447 e. The van der Waals surface area contributed by atoms with Crippen LogP contribution < -0.4 is 16.0 Å². The summed E-state index contributed by atoms with van der Waals surface area (Å²) in [5.41, 5.74) is 1.77. The molecule has 0 saturated carbocycles. The Bertz CT molecular complexity index is 1080. The van der Waals surface area contributed by atoms with E-state index in [1.807, 2.05) is 47.4 Å². The molecule has 0 bridgehead atoms. The predicted octanol–water partition coefficient (Wildman–Crippen LogP) is 3.53. The van der Waals surface area contributed by atoms with Crippen LogP contribution in [0.1, 0.15) is 37.3 Å². The summed E-state index contributed by atoms with van der Waals surface area (Å²) in [4.78, 5) is 40.0. The zero-order valence-corrected chi connectivity index (χ0v) is 21.3. The number of likely N-dealkylation sites (tertiary alicyclic amines) is 1. The van der Waals surface area contributed by atoms with Gasteiger partial charge in [-0.25, -0.2) is 4.79 Å². The van der Waals surface area contributed by atoms with Gasteiger partial charge >= 0.3 is 6.09 Å². The maximum atomic E-state index is 13.0. The number of rotatable bonds is 8. The van der Waals surface area contributed by atoms with E-state index >= 15 is 0 Å². The van der Waals surface area contributed by atoms with Crippen LogP contribution in [0.15, 0.2) is 48.5 Å². The lowest BCUT2D eigenvalue weighted by Crippen LogP contribution is -2.62. The van der Waals surface area contributed by atoms with E-state index in [9.17, 15) is 14.4 Å². The topological polar surface area (TPSA) is 99.8 Å². The van der Waals surface area contributed by atoms with Gasteiger partial charge in [0.05, 0.1) is 18.0 Å². The number of nitrogens with zero attached hydrogens (tertiary/aromatic N) is 1. The highest BCUT2D eigenvalue weighted by atomic mass is 35.5. The van der Waals surface area contributed by atoms with Gasteiger partial charge in [0.1, 0.15) is 6.61 Å². The minimum atomic E-state index is -0.772. The second-order valence-corrected chi connectivity index (χ2v) is 9.88. The molecule has 2 aliphatic heterocycles. The second kappa shape index (κ2) is 11.8. The number of aryl methyl sites for hydroxylation is 1. The van der Waals surface area contributed by atoms with Crippen LogP contribution in [-0.4, -0.2) is 60.6 Å². The van der Waals surface area contributed by atoms with Gasteiger partial charge in [0, 0.05) is 23.8 Å². The molecule has 2 aromatic rings. The van der Waals surface area contributed by atoms with Gasteiger partial charge < -0.3 is 20.3 Å². The van der Waals surface area contributed by atoms with Gasteiger partial charge in [0.15, 0.2) is 0 Å². The Morgan fingerprint density at radius 1 is 1.11 bits per heavy atom. The molecule has 2 heterocycles. The Kier molecular flexibility index (Phi) is 8.48. The number of carbonyl (C=O) groups excluding carboxylic acids is 3. The number of nitrogens with one attached hydrogen (secondary N) is 3. The SMILES string of the molecule is CCc1ccc(NC(=O)OCC2(NC(=O)Cc3ccccc3Cl)CCN(C(=O)C3CCN3)CC2)cc1. The Morgan fingerprint density at radius 3 is 2.42 bits per heavy atom. The summed E-state index contributed by atoms with van der Waals surface area (Å²) in [5.74, 6) is -0.117. The lowest BCUT2D eigenvalue weighted by molar-refractivity contribution is -0.137. The van der Waals surface area contributed by atoms with Crippen LogP contribution in [0, 0.1) is 0 Å². The first-order valence-electron chi connectivity index (χ1n) is 12.5. The number of hydrogen-bond acceptors (Lipinski definition) is 5. The Hall–Kier alpha value is -3.10. The maximum absolute atomic E-state index is 13.0. The van der Waals surface area contributed by atoms with Gasteiger partial charge in [-0.15, -0.1) is 0 Å². The molecule has 0 aromatic heterocycles. The molecule has 2 fully saturated rings. The molecular formula is C27H33ClN4O4. The van der Waals surface area contributed by atoms with Crippen molar-refractivity contribution in [2.45, 2.75) is 50.6 Å². The van der Waals surface area contributed by atoms with Crippen molar-refractivity contribution in [3.05, 3.63) is 64.7 Å². The number of anilines is 1. The number of halogens is 1. The molecule has 3 amide bonds. The molecule has 1 atom stereocenters. The highest BCUT2D eigenvalue weighted by Crippen LogP contribution is 2.26. The molecule has 3 N–H and O–H groups in total. The van der Waals surface area contributed by atoms with E-state index in [1.165, 1.54) is 5.56 Å². The van der Waals surface area contributed by atoms with E-state index in [4.69, 9.17) is 16.3 Å². The van der Waals surface area contributed by atoms with Crippen LogP contribution in [0.2, 0.25) is 5.02 Å². The Labute approximate surface area is 216 Å². The normalized spacial score (nSPS) is 18.6. The van der Waals surface area contributed by atoms with Crippen molar-refractivity contribution in [2.75, 3.05) is 31.6 Å². The van der Waals surface area contributed by atoms with Gasteiger partial charge in [0.25, 0.3) is 0 Å². The summed E-state index contributed by atoms with van der Waals surface area (Å²) in [6.07, 6.45) is 2.26. The molecule has 9 heteroatoms. The summed E-state index contributed by atoms with van der Waals surface area (Å²) >= 11 is 6.24. The maximum Gasteiger partial charge on any atom is 0.411 e. The monoisotopic (exact) mass is 512 g/mol. The minimum absolute atomic E-state index is 0.00382. The molecule has 36 heavy (non-hydrogen) atoms. The van der Waals surface area contributed by atoms with Crippen LogP contribution in [0.5, 0.6) is 0 Å². The number of hydrogen-bond donors (Lipinski definition) is 3. The molecule has 0 spiro atoms. The zero-order chi connectivity index (χ0) is 25.5. The van der Waals surface area contributed by atoms with Crippen molar-refractivity contribution in [3.8, 4) is 0 Å². The molecule has 2 saturated heterocycles. The molecule has 8 nitrogen and oxygen atoms in total. The number of piperidine rings is 1. The van der Waals surface area contributed by atoms with Gasteiger partial charge in [-0.2, -0.15) is 0 Å². The fraction of sp³-hybridized carbons (Fsp3) is 0.444. The molecule has 192 valence electrons. The summed E-state index contributed by atoms with van der Waals surface area (Å²) in [7, 11) is 0. The van der Waals surface area contributed by atoms with Gasteiger partial charge in [-0.3, -0.25) is 14.9 Å². The third-order valence-corrected chi connectivity index (χ3v) is 7.32. The molecule has 2 aromatic carbocycles. The number of amides is 3. The minimum Gasteiger partial charge on any atom is -0.447 e. The number of carbonyl (C=O) groups is 3. The third-order valence-electron chi connectivity index (χ3n) is 6.96. The van der Waals surface area contributed by atoms with Gasteiger partial charge in [-0.05, 0) is 61.6 Å². The first-order chi connectivity index (χ1) is 17.4. The second-order valence-electron chi connectivity index (χ2n) is 9.47. The zero-order valence-electron chi connectivity index (χ0n) is 20.5. The lowest BCUT2D eigenvalue weighted by atomic mass is 9.87. The third kappa shape index (κ3) is 6.56. The fourth-order valence-corrected chi connectivity index (χ4v) is 4.72. The summed E-state index contributed by atoms with van der Waals surface area (Å²) < 4.78 is 5.59. The van der Waals surface area contributed by atoms with Crippen molar-refractivity contribution in [1.29, 1.82) is 0 Å². The van der Waals surface area contributed by atoms with Gasteiger partial charge in [0.2, 0.25) is 11.8 Å². The Balaban J connectivity index is 1.39. The average molecular weight is 513 g/mol. The van der Waals surface area contributed by atoms with Crippen LogP contribution in [0.3, 0.4) is 0 Å². The van der Waals surface area contributed by atoms with Crippen LogP contribution in [-0.2, 0) is 27.2 Å². The lowest BCUT2D eigenvalue weighted by Gasteiger charge is -2.43. The van der Waals surface area contributed by atoms with Crippen molar-refractivity contribution in [3.63, 3.8) is 0 Å². The molecule has 2 aliphatic rings.